The maximum absolute atomic E-state index is 12.8. The number of ether oxygens (including phenoxy) is 2. The molecule has 150 valence electrons. The van der Waals surface area contributed by atoms with Crippen LogP contribution in [0.4, 0.5) is 0 Å². The number of amides is 1. The first kappa shape index (κ1) is 19.1. The molecule has 0 saturated carbocycles. The molecular formula is C22H24N4O3. The second kappa shape index (κ2) is 8.87. The molecule has 29 heavy (non-hydrogen) atoms. The molecule has 0 spiro atoms. The Morgan fingerprint density at radius 1 is 1.10 bits per heavy atom. The maximum atomic E-state index is 12.8. The zero-order valence-corrected chi connectivity index (χ0v) is 16.4. The molecule has 1 aliphatic rings. The van der Waals surface area contributed by atoms with Crippen LogP contribution in [0.25, 0.3) is 11.3 Å². The number of hydrogen-bond donors (Lipinski definition) is 0. The standard InChI is InChI=1S/C22H24N4O3/c1-28-13-14-29-20-9-7-18(8-10-20)22(27)25-12-11-19(15-25)26-16-21(23-24-26)17-5-3-2-4-6-17/h2-10,16,19H,11-15H2,1H3. The topological polar surface area (TPSA) is 69.5 Å². The van der Waals surface area contributed by atoms with Gasteiger partial charge in [-0.2, -0.15) is 0 Å². The Labute approximate surface area is 169 Å². The average molecular weight is 392 g/mol. The number of nitrogens with zero attached hydrogens (tertiary/aromatic N) is 4. The predicted octanol–water partition coefficient (Wildman–Crippen LogP) is 3.06. The minimum Gasteiger partial charge on any atom is -0.491 e. The van der Waals surface area contributed by atoms with Crippen LogP contribution in [0.2, 0.25) is 0 Å². The highest BCUT2D eigenvalue weighted by atomic mass is 16.5. The monoisotopic (exact) mass is 392 g/mol. The van der Waals surface area contributed by atoms with Gasteiger partial charge in [0.05, 0.1) is 18.8 Å². The molecule has 4 rings (SSSR count). The van der Waals surface area contributed by atoms with Crippen molar-refractivity contribution in [1.29, 1.82) is 0 Å². The summed E-state index contributed by atoms with van der Waals surface area (Å²) in [6.07, 6.45) is 2.82. The molecule has 1 fully saturated rings. The van der Waals surface area contributed by atoms with Crippen LogP contribution in [0.3, 0.4) is 0 Å². The van der Waals surface area contributed by atoms with Crippen molar-refractivity contribution in [3.63, 3.8) is 0 Å². The Hall–Kier alpha value is -3.19. The lowest BCUT2D eigenvalue weighted by Gasteiger charge is -2.17. The van der Waals surface area contributed by atoms with Crippen LogP contribution >= 0.6 is 0 Å². The molecule has 3 aromatic rings. The predicted molar refractivity (Wildman–Crippen MR) is 109 cm³/mol. The molecule has 7 heteroatoms. The molecule has 7 nitrogen and oxygen atoms in total. The zero-order valence-electron chi connectivity index (χ0n) is 16.4. The molecule has 2 aromatic carbocycles. The number of carbonyl (C=O) groups is 1. The molecular weight excluding hydrogens is 368 g/mol. The molecule has 0 aliphatic carbocycles. The van der Waals surface area contributed by atoms with Gasteiger partial charge in [0.2, 0.25) is 0 Å². The Kier molecular flexibility index (Phi) is 5.86. The van der Waals surface area contributed by atoms with E-state index in [2.05, 4.69) is 10.3 Å². The summed E-state index contributed by atoms with van der Waals surface area (Å²) in [6, 6.07) is 17.4. The van der Waals surface area contributed by atoms with Gasteiger partial charge in [-0.3, -0.25) is 4.79 Å². The second-order valence-electron chi connectivity index (χ2n) is 7.01. The fraction of sp³-hybridized carbons (Fsp3) is 0.318. The number of benzene rings is 2. The third kappa shape index (κ3) is 4.46. The lowest BCUT2D eigenvalue weighted by atomic mass is 10.2. The van der Waals surface area contributed by atoms with E-state index in [4.69, 9.17) is 9.47 Å². The minimum atomic E-state index is 0.0272. The van der Waals surface area contributed by atoms with Crippen molar-refractivity contribution in [2.45, 2.75) is 12.5 Å². The van der Waals surface area contributed by atoms with Crippen LogP contribution in [-0.2, 0) is 4.74 Å². The van der Waals surface area contributed by atoms with Gasteiger partial charge in [-0.1, -0.05) is 35.5 Å². The van der Waals surface area contributed by atoms with E-state index in [0.717, 1.165) is 23.4 Å². The Morgan fingerprint density at radius 3 is 2.66 bits per heavy atom. The lowest BCUT2D eigenvalue weighted by Crippen LogP contribution is -2.29. The Balaban J connectivity index is 1.37. The van der Waals surface area contributed by atoms with E-state index in [9.17, 15) is 4.79 Å². The van der Waals surface area contributed by atoms with Crippen molar-refractivity contribution in [1.82, 2.24) is 19.9 Å². The highest BCUT2D eigenvalue weighted by molar-refractivity contribution is 5.94. The van der Waals surface area contributed by atoms with Gasteiger partial charge in [-0.25, -0.2) is 4.68 Å². The third-order valence-electron chi connectivity index (χ3n) is 5.06. The number of aromatic nitrogens is 3. The van der Waals surface area contributed by atoms with Crippen LogP contribution in [0.5, 0.6) is 5.75 Å². The summed E-state index contributed by atoms with van der Waals surface area (Å²) in [6.45, 7) is 2.35. The van der Waals surface area contributed by atoms with Crippen molar-refractivity contribution < 1.29 is 14.3 Å². The van der Waals surface area contributed by atoms with Crippen molar-refractivity contribution in [3.8, 4) is 17.0 Å². The van der Waals surface area contributed by atoms with Gasteiger partial charge in [-0.05, 0) is 30.7 Å². The zero-order chi connectivity index (χ0) is 20.1. The molecule has 2 heterocycles. The number of hydrogen-bond acceptors (Lipinski definition) is 5. The lowest BCUT2D eigenvalue weighted by molar-refractivity contribution is 0.0787. The maximum Gasteiger partial charge on any atom is 0.253 e. The summed E-state index contributed by atoms with van der Waals surface area (Å²) < 4.78 is 12.4. The molecule has 0 radical (unpaired) electrons. The van der Waals surface area contributed by atoms with Crippen LogP contribution < -0.4 is 4.74 Å². The van der Waals surface area contributed by atoms with Crippen LogP contribution in [0.1, 0.15) is 22.8 Å². The molecule has 1 amide bonds. The SMILES string of the molecule is COCCOc1ccc(C(=O)N2CCC(n3cc(-c4ccccc4)nn3)C2)cc1. The molecule has 1 atom stereocenters. The van der Waals surface area contributed by atoms with E-state index >= 15 is 0 Å². The van der Waals surface area contributed by atoms with Crippen molar-refractivity contribution >= 4 is 5.91 Å². The van der Waals surface area contributed by atoms with Gasteiger partial charge in [-0.15, -0.1) is 5.10 Å². The first-order valence-electron chi connectivity index (χ1n) is 9.73. The molecule has 1 aromatic heterocycles. The van der Waals surface area contributed by atoms with E-state index in [1.165, 1.54) is 0 Å². The fourth-order valence-electron chi connectivity index (χ4n) is 3.46. The molecule has 1 saturated heterocycles. The van der Waals surface area contributed by atoms with E-state index in [0.29, 0.717) is 31.9 Å². The van der Waals surface area contributed by atoms with Gasteiger partial charge >= 0.3 is 0 Å². The minimum absolute atomic E-state index is 0.0272. The first-order chi connectivity index (χ1) is 14.2. The summed E-state index contributed by atoms with van der Waals surface area (Å²) in [4.78, 5) is 14.7. The van der Waals surface area contributed by atoms with Gasteiger partial charge in [0.25, 0.3) is 5.91 Å². The number of rotatable bonds is 7. The number of carbonyl (C=O) groups excluding carboxylic acids is 1. The Bertz CT molecular complexity index is 940. The van der Waals surface area contributed by atoms with E-state index in [1.54, 1.807) is 19.2 Å². The first-order valence-corrected chi connectivity index (χ1v) is 9.73. The summed E-state index contributed by atoms with van der Waals surface area (Å²) in [7, 11) is 1.64. The van der Waals surface area contributed by atoms with Crippen molar-refractivity contribution in [2.75, 3.05) is 33.4 Å². The smallest absolute Gasteiger partial charge is 0.253 e. The summed E-state index contributed by atoms with van der Waals surface area (Å²) in [5, 5.41) is 8.58. The van der Waals surface area contributed by atoms with Crippen LogP contribution in [0.15, 0.2) is 60.8 Å². The molecule has 1 unspecified atom stereocenters. The van der Waals surface area contributed by atoms with Crippen molar-refractivity contribution in [3.05, 3.63) is 66.4 Å². The van der Waals surface area contributed by atoms with Gasteiger partial charge in [0, 0.05) is 31.3 Å². The highest BCUT2D eigenvalue weighted by Crippen LogP contribution is 2.25. The summed E-state index contributed by atoms with van der Waals surface area (Å²) >= 11 is 0. The Morgan fingerprint density at radius 2 is 1.90 bits per heavy atom. The normalized spacial score (nSPS) is 16.2. The summed E-state index contributed by atoms with van der Waals surface area (Å²) in [5.41, 5.74) is 2.55. The number of methoxy groups -OCH3 is 1. The summed E-state index contributed by atoms with van der Waals surface area (Å²) in [5.74, 6) is 0.758. The van der Waals surface area contributed by atoms with Gasteiger partial charge in [0.1, 0.15) is 18.1 Å². The van der Waals surface area contributed by atoms with Crippen LogP contribution in [-0.4, -0.2) is 59.2 Å². The molecule has 0 N–H and O–H groups in total. The van der Waals surface area contributed by atoms with Crippen LogP contribution in [0, 0.1) is 0 Å². The molecule has 1 aliphatic heterocycles. The van der Waals surface area contributed by atoms with Crippen molar-refractivity contribution in [2.24, 2.45) is 0 Å². The largest absolute Gasteiger partial charge is 0.491 e. The van der Waals surface area contributed by atoms with Gasteiger partial charge < -0.3 is 14.4 Å². The van der Waals surface area contributed by atoms with E-state index in [-0.39, 0.29) is 11.9 Å². The fourth-order valence-corrected chi connectivity index (χ4v) is 3.46. The highest BCUT2D eigenvalue weighted by Gasteiger charge is 2.29. The van der Waals surface area contributed by atoms with E-state index < -0.39 is 0 Å². The van der Waals surface area contributed by atoms with E-state index in [1.807, 2.05) is 58.2 Å². The number of likely N-dealkylation sites (tertiary alicyclic amines) is 1. The third-order valence-corrected chi connectivity index (χ3v) is 5.06. The quantitative estimate of drug-likeness (QED) is 0.578. The molecule has 0 bridgehead atoms. The van der Waals surface area contributed by atoms with Gasteiger partial charge in [0.15, 0.2) is 0 Å². The second-order valence-corrected chi connectivity index (χ2v) is 7.01. The average Bonchev–Trinajstić information content (AvgIpc) is 3.44.